The van der Waals surface area contributed by atoms with Gasteiger partial charge in [0.25, 0.3) is 0 Å². The summed E-state index contributed by atoms with van der Waals surface area (Å²) in [6, 6.07) is 8.61. The van der Waals surface area contributed by atoms with Gasteiger partial charge in [0.2, 0.25) is 0 Å². The van der Waals surface area contributed by atoms with Crippen molar-refractivity contribution < 1.29 is 13.2 Å². The average molecular weight is 300 g/mol. The van der Waals surface area contributed by atoms with Crippen LogP contribution in [0.1, 0.15) is 37.8 Å². The molecular formula is C16H23F3N2. The quantitative estimate of drug-likeness (QED) is 0.860. The summed E-state index contributed by atoms with van der Waals surface area (Å²) in [6.45, 7) is 4.73. The van der Waals surface area contributed by atoms with Gasteiger partial charge in [-0.1, -0.05) is 37.3 Å². The first-order valence-corrected chi connectivity index (χ1v) is 7.58. The third-order valence-electron chi connectivity index (χ3n) is 4.14. The SMILES string of the molecule is CCN1CCCC1CNC(CC(F)(F)F)c1ccccc1. The maximum Gasteiger partial charge on any atom is 0.390 e. The summed E-state index contributed by atoms with van der Waals surface area (Å²) in [4.78, 5) is 2.34. The average Bonchev–Trinajstić information content (AvgIpc) is 2.90. The highest BCUT2D eigenvalue weighted by Crippen LogP contribution is 2.29. The van der Waals surface area contributed by atoms with Crippen LogP contribution in [0.2, 0.25) is 0 Å². The topological polar surface area (TPSA) is 15.3 Å². The largest absolute Gasteiger partial charge is 0.390 e. The second-order valence-electron chi connectivity index (χ2n) is 5.62. The zero-order valence-electron chi connectivity index (χ0n) is 12.4. The van der Waals surface area contributed by atoms with Crippen LogP contribution in [0.3, 0.4) is 0 Å². The Morgan fingerprint density at radius 1 is 1.29 bits per heavy atom. The first-order chi connectivity index (χ1) is 9.99. The van der Waals surface area contributed by atoms with E-state index in [0.717, 1.165) is 25.9 Å². The maximum atomic E-state index is 12.8. The molecule has 5 heteroatoms. The standard InChI is InChI=1S/C16H23F3N2/c1-2-21-10-6-9-14(21)12-20-15(11-16(17,18)19)13-7-4-3-5-8-13/h3-5,7-8,14-15,20H,2,6,9-12H2,1H3. The summed E-state index contributed by atoms with van der Waals surface area (Å²) < 4.78 is 38.4. The number of hydrogen-bond acceptors (Lipinski definition) is 2. The van der Waals surface area contributed by atoms with Gasteiger partial charge < -0.3 is 5.32 Å². The molecule has 0 aromatic heterocycles. The molecule has 0 bridgehead atoms. The van der Waals surface area contributed by atoms with Crippen molar-refractivity contribution in [3.63, 3.8) is 0 Å². The molecule has 0 spiro atoms. The molecule has 1 aliphatic heterocycles. The third kappa shape index (κ3) is 5.00. The third-order valence-corrected chi connectivity index (χ3v) is 4.14. The molecule has 2 atom stereocenters. The van der Waals surface area contributed by atoms with E-state index in [9.17, 15) is 13.2 Å². The molecule has 1 aromatic carbocycles. The highest BCUT2D eigenvalue weighted by molar-refractivity contribution is 5.19. The van der Waals surface area contributed by atoms with Crippen molar-refractivity contribution in [1.29, 1.82) is 0 Å². The molecule has 0 amide bonds. The van der Waals surface area contributed by atoms with Crippen molar-refractivity contribution >= 4 is 0 Å². The first-order valence-electron chi connectivity index (χ1n) is 7.58. The van der Waals surface area contributed by atoms with E-state index in [1.165, 1.54) is 0 Å². The van der Waals surface area contributed by atoms with Crippen LogP contribution < -0.4 is 5.32 Å². The fourth-order valence-electron chi connectivity index (χ4n) is 3.05. The summed E-state index contributed by atoms with van der Waals surface area (Å²) in [5.41, 5.74) is 0.705. The smallest absolute Gasteiger partial charge is 0.308 e. The Bertz CT molecular complexity index is 419. The molecule has 21 heavy (non-hydrogen) atoms. The molecule has 1 aromatic rings. The molecule has 1 saturated heterocycles. The fourth-order valence-corrected chi connectivity index (χ4v) is 3.05. The summed E-state index contributed by atoms with van der Waals surface area (Å²) in [7, 11) is 0. The number of halogens is 3. The summed E-state index contributed by atoms with van der Waals surface area (Å²) in [5, 5.41) is 3.14. The van der Waals surface area contributed by atoms with Crippen molar-refractivity contribution in [3.05, 3.63) is 35.9 Å². The lowest BCUT2D eigenvalue weighted by molar-refractivity contribution is -0.140. The Morgan fingerprint density at radius 3 is 2.62 bits per heavy atom. The van der Waals surface area contributed by atoms with Crippen LogP contribution in [0.15, 0.2) is 30.3 Å². The molecule has 1 aliphatic rings. The van der Waals surface area contributed by atoms with Crippen LogP contribution in [0.25, 0.3) is 0 Å². The van der Waals surface area contributed by atoms with E-state index in [1.807, 2.05) is 6.07 Å². The number of likely N-dealkylation sites (tertiary alicyclic amines) is 1. The minimum atomic E-state index is -4.16. The van der Waals surface area contributed by atoms with Crippen molar-refractivity contribution in [1.82, 2.24) is 10.2 Å². The number of likely N-dealkylation sites (N-methyl/N-ethyl adjacent to an activating group) is 1. The Kier molecular flexibility index (Phi) is 5.65. The van der Waals surface area contributed by atoms with E-state index < -0.39 is 18.6 Å². The van der Waals surface area contributed by atoms with Crippen LogP contribution >= 0.6 is 0 Å². The van der Waals surface area contributed by atoms with Gasteiger partial charge in [-0.05, 0) is 31.5 Å². The van der Waals surface area contributed by atoms with Gasteiger partial charge in [-0.15, -0.1) is 0 Å². The van der Waals surface area contributed by atoms with Gasteiger partial charge in [-0.2, -0.15) is 13.2 Å². The van der Waals surface area contributed by atoms with E-state index in [2.05, 4.69) is 17.1 Å². The molecule has 2 rings (SSSR count). The molecule has 1 fully saturated rings. The molecule has 118 valence electrons. The van der Waals surface area contributed by atoms with Gasteiger partial charge in [0.15, 0.2) is 0 Å². The molecule has 1 N–H and O–H groups in total. The molecule has 2 nitrogen and oxygen atoms in total. The second kappa shape index (κ2) is 7.27. The van der Waals surface area contributed by atoms with E-state index in [-0.39, 0.29) is 0 Å². The lowest BCUT2D eigenvalue weighted by Gasteiger charge is -2.27. The molecular weight excluding hydrogens is 277 g/mol. The van der Waals surface area contributed by atoms with Crippen LogP contribution in [0, 0.1) is 0 Å². The van der Waals surface area contributed by atoms with Crippen molar-refractivity contribution in [3.8, 4) is 0 Å². The van der Waals surface area contributed by atoms with Gasteiger partial charge in [-0.3, -0.25) is 4.90 Å². The number of alkyl halides is 3. The van der Waals surface area contributed by atoms with Crippen molar-refractivity contribution in [2.24, 2.45) is 0 Å². The number of nitrogens with one attached hydrogen (secondary N) is 1. The highest BCUT2D eigenvalue weighted by atomic mass is 19.4. The Balaban J connectivity index is 1.99. The predicted octanol–water partition coefficient (Wildman–Crippen LogP) is 3.75. The second-order valence-corrected chi connectivity index (χ2v) is 5.62. The maximum absolute atomic E-state index is 12.8. The number of nitrogens with zero attached hydrogens (tertiary/aromatic N) is 1. The number of benzene rings is 1. The van der Waals surface area contributed by atoms with Crippen LogP contribution in [-0.2, 0) is 0 Å². The zero-order chi connectivity index (χ0) is 15.3. The number of rotatable bonds is 6. The van der Waals surface area contributed by atoms with Gasteiger partial charge >= 0.3 is 6.18 Å². The Morgan fingerprint density at radius 2 is 2.00 bits per heavy atom. The number of hydrogen-bond donors (Lipinski definition) is 1. The molecule has 1 heterocycles. The molecule has 0 radical (unpaired) electrons. The van der Waals surface area contributed by atoms with Crippen LogP contribution in [0.5, 0.6) is 0 Å². The monoisotopic (exact) mass is 300 g/mol. The summed E-state index contributed by atoms with van der Waals surface area (Å²) in [6.07, 6.45) is -2.78. The van der Waals surface area contributed by atoms with Gasteiger partial charge in [0.1, 0.15) is 0 Å². The molecule has 2 unspecified atom stereocenters. The van der Waals surface area contributed by atoms with Gasteiger partial charge in [0.05, 0.1) is 6.42 Å². The molecule has 0 aliphatic carbocycles. The van der Waals surface area contributed by atoms with Gasteiger partial charge in [0, 0.05) is 18.6 Å². The lowest BCUT2D eigenvalue weighted by atomic mass is 10.0. The van der Waals surface area contributed by atoms with Crippen LogP contribution in [-0.4, -0.2) is 36.8 Å². The fraction of sp³-hybridized carbons (Fsp3) is 0.625. The normalized spacial score (nSPS) is 21.6. The Labute approximate surface area is 124 Å². The van der Waals surface area contributed by atoms with Gasteiger partial charge in [-0.25, -0.2) is 0 Å². The first kappa shape index (κ1) is 16.3. The van der Waals surface area contributed by atoms with E-state index in [4.69, 9.17) is 0 Å². The Hall–Kier alpha value is -1.07. The van der Waals surface area contributed by atoms with Crippen LogP contribution in [0.4, 0.5) is 13.2 Å². The predicted molar refractivity (Wildman–Crippen MR) is 78.1 cm³/mol. The van der Waals surface area contributed by atoms with E-state index in [0.29, 0.717) is 18.2 Å². The van der Waals surface area contributed by atoms with E-state index in [1.54, 1.807) is 24.3 Å². The summed E-state index contributed by atoms with van der Waals surface area (Å²) in [5.74, 6) is 0. The van der Waals surface area contributed by atoms with Crippen molar-refractivity contribution in [2.45, 2.75) is 44.4 Å². The van der Waals surface area contributed by atoms with E-state index >= 15 is 0 Å². The highest BCUT2D eigenvalue weighted by Gasteiger charge is 2.33. The molecule has 0 saturated carbocycles. The minimum absolute atomic E-state index is 0.356. The zero-order valence-corrected chi connectivity index (χ0v) is 12.4. The lowest BCUT2D eigenvalue weighted by Crippen LogP contribution is -2.40. The minimum Gasteiger partial charge on any atom is -0.308 e. The van der Waals surface area contributed by atoms with Crippen molar-refractivity contribution in [2.75, 3.05) is 19.6 Å². The summed E-state index contributed by atoms with van der Waals surface area (Å²) >= 11 is 0.